The summed E-state index contributed by atoms with van der Waals surface area (Å²) in [6, 6.07) is 8.59. The molecule has 0 radical (unpaired) electrons. The van der Waals surface area contributed by atoms with E-state index in [2.05, 4.69) is 24.0 Å². The van der Waals surface area contributed by atoms with Crippen LogP contribution in [-0.4, -0.2) is 80.4 Å². The van der Waals surface area contributed by atoms with Gasteiger partial charge in [0.05, 0.1) is 25.8 Å². The van der Waals surface area contributed by atoms with Crippen molar-refractivity contribution >= 4 is 22.8 Å². The van der Waals surface area contributed by atoms with E-state index >= 15 is 0 Å². The Labute approximate surface area is 172 Å². The first kappa shape index (κ1) is 19.8. The van der Waals surface area contributed by atoms with E-state index in [0.717, 1.165) is 48.4 Å². The Morgan fingerprint density at radius 2 is 1.90 bits per heavy atom. The van der Waals surface area contributed by atoms with E-state index in [-0.39, 0.29) is 12.1 Å². The molecule has 2 amide bonds. The minimum Gasteiger partial charge on any atom is -0.497 e. The summed E-state index contributed by atoms with van der Waals surface area (Å²) in [5.74, 6) is 1.83. The van der Waals surface area contributed by atoms with Crippen LogP contribution in [0.4, 0.5) is 10.6 Å². The molecule has 1 aromatic heterocycles. The number of rotatable bonds is 3. The molecule has 156 valence electrons. The quantitative estimate of drug-likeness (QED) is 0.796. The van der Waals surface area contributed by atoms with Gasteiger partial charge < -0.3 is 24.2 Å². The maximum absolute atomic E-state index is 12.8. The molecule has 29 heavy (non-hydrogen) atoms. The molecule has 2 aliphatic heterocycles. The molecule has 0 unspecified atom stereocenters. The number of aryl methyl sites for hydroxylation is 1. The van der Waals surface area contributed by atoms with E-state index in [9.17, 15) is 4.79 Å². The molecule has 0 saturated carbocycles. The molecule has 0 N–H and O–H groups in total. The number of anilines is 1. The van der Waals surface area contributed by atoms with Crippen LogP contribution >= 0.6 is 0 Å². The van der Waals surface area contributed by atoms with Crippen LogP contribution in [0.2, 0.25) is 0 Å². The van der Waals surface area contributed by atoms with Crippen LogP contribution < -0.4 is 9.64 Å². The number of pyridine rings is 1. The summed E-state index contributed by atoms with van der Waals surface area (Å²) >= 11 is 0. The van der Waals surface area contributed by atoms with Crippen molar-refractivity contribution in [3.8, 4) is 5.75 Å². The molecule has 4 rings (SSSR count). The minimum atomic E-state index is 0.124. The number of aromatic nitrogens is 1. The SMILES string of the molecule is COc1ccc2c(C)cc(N3CCC(N(C)C(=O)N4CCOCC4)CC3)nc2c1. The second-order valence-corrected chi connectivity index (χ2v) is 7.89. The van der Waals surface area contributed by atoms with E-state index in [1.54, 1.807) is 7.11 Å². The Balaban J connectivity index is 1.43. The van der Waals surface area contributed by atoms with Crippen molar-refractivity contribution in [2.24, 2.45) is 0 Å². The number of piperidine rings is 1. The monoisotopic (exact) mass is 398 g/mol. The second kappa shape index (κ2) is 8.45. The van der Waals surface area contributed by atoms with Gasteiger partial charge in [-0.1, -0.05) is 0 Å². The molecule has 0 aliphatic carbocycles. The number of methoxy groups -OCH3 is 1. The molecular formula is C22H30N4O3. The van der Waals surface area contributed by atoms with Gasteiger partial charge in [-0.2, -0.15) is 0 Å². The van der Waals surface area contributed by atoms with Crippen molar-refractivity contribution in [2.45, 2.75) is 25.8 Å². The number of morpholine rings is 1. The minimum absolute atomic E-state index is 0.124. The summed E-state index contributed by atoms with van der Waals surface area (Å²) in [4.78, 5) is 23.8. The van der Waals surface area contributed by atoms with Crippen molar-refractivity contribution in [1.29, 1.82) is 0 Å². The van der Waals surface area contributed by atoms with Crippen molar-refractivity contribution < 1.29 is 14.3 Å². The van der Waals surface area contributed by atoms with Crippen molar-refractivity contribution in [3.63, 3.8) is 0 Å². The number of ether oxygens (including phenoxy) is 2. The molecule has 2 aliphatic rings. The van der Waals surface area contributed by atoms with Gasteiger partial charge in [-0.3, -0.25) is 0 Å². The third-order valence-corrected chi connectivity index (χ3v) is 6.13. The lowest BCUT2D eigenvalue weighted by Gasteiger charge is -2.40. The lowest BCUT2D eigenvalue weighted by molar-refractivity contribution is 0.0409. The van der Waals surface area contributed by atoms with Crippen LogP contribution in [-0.2, 0) is 4.74 Å². The van der Waals surface area contributed by atoms with Crippen LogP contribution in [0.15, 0.2) is 24.3 Å². The van der Waals surface area contributed by atoms with Crippen molar-refractivity contribution in [3.05, 3.63) is 29.8 Å². The van der Waals surface area contributed by atoms with Gasteiger partial charge in [0.1, 0.15) is 11.6 Å². The molecule has 0 bridgehead atoms. The fourth-order valence-electron chi connectivity index (χ4n) is 4.27. The number of fused-ring (bicyclic) bond motifs is 1. The van der Waals surface area contributed by atoms with Gasteiger partial charge in [-0.15, -0.1) is 0 Å². The first-order chi connectivity index (χ1) is 14.1. The molecular weight excluding hydrogens is 368 g/mol. The van der Waals surface area contributed by atoms with E-state index in [4.69, 9.17) is 14.5 Å². The summed E-state index contributed by atoms with van der Waals surface area (Å²) in [5, 5.41) is 1.15. The zero-order valence-electron chi connectivity index (χ0n) is 17.6. The van der Waals surface area contributed by atoms with E-state index < -0.39 is 0 Å². The average molecular weight is 399 g/mol. The second-order valence-electron chi connectivity index (χ2n) is 7.89. The van der Waals surface area contributed by atoms with Gasteiger partial charge in [-0.25, -0.2) is 9.78 Å². The third kappa shape index (κ3) is 4.10. The molecule has 2 fully saturated rings. The van der Waals surface area contributed by atoms with Crippen LogP contribution in [0.25, 0.3) is 10.9 Å². The zero-order valence-corrected chi connectivity index (χ0v) is 17.6. The molecule has 0 spiro atoms. The number of amides is 2. The summed E-state index contributed by atoms with van der Waals surface area (Å²) in [7, 11) is 3.61. The van der Waals surface area contributed by atoms with Crippen LogP contribution in [0.3, 0.4) is 0 Å². The number of urea groups is 1. The zero-order chi connectivity index (χ0) is 20.4. The maximum Gasteiger partial charge on any atom is 0.320 e. The van der Waals surface area contributed by atoms with Crippen molar-refractivity contribution in [2.75, 3.05) is 58.5 Å². The van der Waals surface area contributed by atoms with Crippen LogP contribution in [0, 0.1) is 6.92 Å². The smallest absolute Gasteiger partial charge is 0.320 e. The predicted octanol–water partition coefficient (Wildman–Crippen LogP) is 2.90. The summed E-state index contributed by atoms with van der Waals surface area (Å²) in [6.45, 7) is 6.56. The van der Waals surface area contributed by atoms with Crippen molar-refractivity contribution in [1.82, 2.24) is 14.8 Å². The normalized spacial score (nSPS) is 18.2. The fraction of sp³-hybridized carbons (Fsp3) is 0.545. The highest BCUT2D eigenvalue weighted by Crippen LogP contribution is 2.28. The number of benzene rings is 1. The topological polar surface area (TPSA) is 58.1 Å². The number of hydrogen-bond donors (Lipinski definition) is 0. The molecule has 2 aromatic rings. The molecule has 7 nitrogen and oxygen atoms in total. The average Bonchev–Trinajstić information content (AvgIpc) is 2.78. The van der Waals surface area contributed by atoms with Gasteiger partial charge in [0.2, 0.25) is 0 Å². The number of carbonyl (C=O) groups excluding carboxylic acids is 1. The Bertz CT molecular complexity index is 874. The number of nitrogens with zero attached hydrogens (tertiary/aromatic N) is 4. The van der Waals surface area contributed by atoms with Crippen LogP contribution in [0.1, 0.15) is 18.4 Å². The molecule has 3 heterocycles. The van der Waals surface area contributed by atoms with Gasteiger partial charge in [0.25, 0.3) is 0 Å². The van der Waals surface area contributed by atoms with E-state index in [0.29, 0.717) is 26.3 Å². The van der Waals surface area contributed by atoms with Gasteiger partial charge in [-0.05, 0) is 43.5 Å². The van der Waals surface area contributed by atoms with Gasteiger partial charge in [0, 0.05) is 50.7 Å². The highest BCUT2D eigenvalue weighted by atomic mass is 16.5. The molecule has 0 atom stereocenters. The Morgan fingerprint density at radius 1 is 1.17 bits per heavy atom. The lowest BCUT2D eigenvalue weighted by atomic mass is 10.0. The third-order valence-electron chi connectivity index (χ3n) is 6.13. The fourth-order valence-corrected chi connectivity index (χ4v) is 4.27. The standard InChI is InChI=1S/C22H30N4O3/c1-16-14-21(23-20-15-18(28-3)4-5-19(16)20)25-8-6-17(7-9-25)24(2)22(27)26-10-12-29-13-11-26/h4-5,14-15,17H,6-13H2,1-3H3. The Morgan fingerprint density at radius 3 is 2.59 bits per heavy atom. The first-order valence-corrected chi connectivity index (χ1v) is 10.4. The summed E-state index contributed by atoms with van der Waals surface area (Å²) in [6.07, 6.45) is 1.90. The number of hydrogen-bond acceptors (Lipinski definition) is 5. The predicted molar refractivity (Wildman–Crippen MR) is 114 cm³/mol. The molecule has 1 aromatic carbocycles. The summed E-state index contributed by atoms with van der Waals surface area (Å²) in [5.41, 5.74) is 2.18. The Hall–Kier alpha value is -2.54. The highest BCUT2D eigenvalue weighted by Gasteiger charge is 2.29. The maximum atomic E-state index is 12.8. The highest BCUT2D eigenvalue weighted by molar-refractivity contribution is 5.85. The van der Waals surface area contributed by atoms with Gasteiger partial charge in [0.15, 0.2) is 0 Å². The Kier molecular flexibility index (Phi) is 5.76. The van der Waals surface area contributed by atoms with E-state index in [1.807, 2.05) is 29.0 Å². The first-order valence-electron chi connectivity index (χ1n) is 10.4. The largest absolute Gasteiger partial charge is 0.497 e. The summed E-state index contributed by atoms with van der Waals surface area (Å²) < 4.78 is 10.7. The molecule has 7 heteroatoms. The molecule has 2 saturated heterocycles. The lowest BCUT2D eigenvalue weighted by Crippen LogP contribution is -2.52. The number of carbonyl (C=O) groups is 1. The van der Waals surface area contributed by atoms with Gasteiger partial charge >= 0.3 is 6.03 Å². The van der Waals surface area contributed by atoms with E-state index in [1.165, 1.54) is 5.56 Å². The van der Waals surface area contributed by atoms with Crippen LogP contribution in [0.5, 0.6) is 5.75 Å².